The molecule has 0 saturated carbocycles. The fourth-order valence-electron chi connectivity index (χ4n) is 1.17. The average molecular weight is 259 g/mol. The largest absolute Gasteiger partial charge is 0.379 e. The van der Waals surface area contributed by atoms with Gasteiger partial charge in [0.15, 0.2) is 5.78 Å². The molecule has 0 aliphatic heterocycles. The van der Waals surface area contributed by atoms with Crippen LogP contribution < -0.4 is 5.73 Å². The van der Waals surface area contributed by atoms with Gasteiger partial charge in [0.2, 0.25) is 0 Å². The van der Waals surface area contributed by atoms with Crippen LogP contribution in [0.1, 0.15) is 19.8 Å². The Bertz CT molecular complexity index is 231. The Morgan fingerprint density at radius 3 is 2.00 bits per heavy atom. The van der Waals surface area contributed by atoms with Gasteiger partial charge in [0.25, 0.3) is 0 Å². The molecular weight excluding hydrogens is 234 g/mol. The first-order valence-corrected chi connectivity index (χ1v) is 6.30. The number of ether oxygens (including phenoxy) is 3. The predicted molar refractivity (Wildman–Crippen MR) is 70.6 cm³/mol. The molecule has 0 spiro atoms. The lowest BCUT2D eigenvalue weighted by Crippen LogP contribution is -2.13. The van der Waals surface area contributed by atoms with E-state index in [9.17, 15) is 4.79 Å². The smallest absolute Gasteiger partial charge is 0.158 e. The summed E-state index contributed by atoms with van der Waals surface area (Å²) in [5.41, 5.74) is 5.87. The molecule has 0 radical (unpaired) electrons. The summed E-state index contributed by atoms with van der Waals surface area (Å²) in [5.74, 6) is 0.104. The highest BCUT2D eigenvalue weighted by Gasteiger charge is 2.01. The third-order valence-electron chi connectivity index (χ3n) is 2.17. The Kier molecular flexibility index (Phi) is 12.2. The van der Waals surface area contributed by atoms with Crippen molar-refractivity contribution in [1.82, 2.24) is 0 Å². The molecular formula is C13H25NO4. The van der Waals surface area contributed by atoms with Crippen molar-refractivity contribution in [2.24, 2.45) is 5.73 Å². The second-order valence-electron chi connectivity index (χ2n) is 3.93. The summed E-state index contributed by atoms with van der Waals surface area (Å²) in [6.07, 6.45) is 1.23. The second kappa shape index (κ2) is 12.7. The number of allylic oxidation sites excluding steroid dienone is 1. The van der Waals surface area contributed by atoms with Crippen molar-refractivity contribution in [2.45, 2.75) is 19.8 Å². The Labute approximate surface area is 109 Å². The Morgan fingerprint density at radius 2 is 1.50 bits per heavy atom. The predicted octanol–water partition coefficient (Wildman–Crippen LogP) is 0.920. The summed E-state index contributed by atoms with van der Waals surface area (Å²) < 4.78 is 15.7. The molecule has 106 valence electrons. The minimum absolute atomic E-state index is 0.104. The molecule has 5 nitrogen and oxygen atoms in total. The zero-order chi connectivity index (χ0) is 13.6. The van der Waals surface area contributed by atoms with Crippen molar-refractivity contribution in [1.29, 1.82) is 0 Å². The topological polar surface area (TPSA) is 70.8 Å². The molecule has 0 amide bonds. The lowest BCUT2D eigenvalue weighted by atomic mass is 10.1. The van der Waals surface area contributed by atoms with Crippen LogP contribution in [0.2, 0.25) is 0 Å². The standard InChI is InChI=1S/C13H25NO4/c1-12(2)13(15)4-3-6-16-8-10-18-11-9-17-7-5-14/h1,3-11,14H2,2H3. The van der Waals surface area contributed by atoms with Gasteiger partial charge in [0.1, 0.15) is 0 Å². The van der Waals surface area contributed by atoms with Crippen molar-refractivity contribution in [3.05, 3.63) is 12.2 Å². The van der Waals surface area contributed by atoms with Crippen LogP contribution in [0.25, 0.3) is 0 Å². The number of carbonyl (C=O) groups is 1. The Morgan fingerprint density at radius 1 is 1.00 bits per heavy atom. The SMILES string of the molecule is C=C(C)C(=O)CCCOCCOCCOCCN. The van der Waals surface area contributed by atoms with E-state index in [1.54, 1.807) is 6.92 Å². The summed E-state index contributed by atoms with van der Waals surface area (Å²) in [5, 5.41) is 0. The minimum atomic E-state index is 0.104. The van der Waals surface area contributed by atoms with Gasteiger partial charge >= 0.3 is 0 Å². The normalized spacial score (nSPS) is 10.6. The van der Waals surface area contributed by atoms with E-state index in [4.69, 9.17) is 19.9 Å². The van der Waals surface area contributed by atoms with Crippen molar-refractivity contribution in [2.75, 3.05) is 46.2 Å². The van der Waals surface area contributed by atoms with Crippen LogP contribution in [0.4, 0.5) is 0 Å². The minimum Gasteiger partial charge on any atom is -0.379 e. The number of Topliss-reactive ketones (excluding diaryl/α,β-unsaturated/α-hetero) is 1. The average Bonchev–Trinajstić information content (AvgIpc) is 2.35. The highest BCUT2D eigenvalue weighted by atomic mass is 16.5. The maximum atomic E-state index is 11.2. The first kappa shape index (κ1) is 17.2. The molecule has 0 unspecified atom stereocenters. The van der Waals surface area contributed by atoms with Gasteiger partial charge in [-0.1, -0.05) is 6.58 Å². The highest BCUT2D eigenvalue weighted by Crippen LogP contribution is 1.99. The molecule has 0 rings (SSSR count). The Balaban J connectivity index is 3.07. The van der Waals surface area contributed by atoms with Gasteiger partial charge in [-0.05, 0) is 18.9 Å². The summed E-state index contributed by atoms with van der Waals surface area (Å²) >= 11 is 0. The van der Waals surface area contributed by atoms with Crippen LogP contribution in [0, 0.1) is 0 Å². The summed E-state index contributed by atoms with van der Waals surface area (Å²) in [4.78, 5) is 11.2. The van der Waals surface area contributed by atoms with Crippen LogP contribution >= 0.6 is 0 Å². The molecule has 0 aromatic carbocycles. The molecule has 2 N–H and O–H groups in total. The van der Waals surface area contributed by atoms with E-state index in [2.05, 4.69) is 6.58 Å². The zero-order valence-corrected chi connectivity index (χ0v) is 11.3. The fraction of sp³-hybridized carbons (Fsp3) is 0.769. The molecule has 0 aliphatic rings. The van der Waals surface area contributed by atoms with Crippen LogP contribution in [0.3, 0.4) is 0 Å². The van der Waals surface area contributed by atoms with Crippen molar-refractivity contribution < 1.29 is 19.0 Å². The van der Waals surface area contributed by atoms with E-state index in [1.165, 1.54) is 0 Å². The Hall–Kier alpha value is -0.750. The van der Waals surface area contributed by atoms with Gasteiger partial charge in [-0.25, -0.2) is 0 Å². The number of nitrogens with two attached hydrogens (primary N) is 1. The van der Waals surface area contributed by atoms with E-state index in [-0.39, 0.29) is 5.78 Å². The number of hydrogen-bond donors (Lipinski definition) is 1. The molecule has 0 bridgehead atoms. The monoisotopic (exact) mass is 259 g/mol. The number of hydrogen-bond acceptors (Lipinski definition) is 5. The molecule has 0 atom stereocenters. The van der Waals surface area contributed by atoms with E-state index in [1.807, 2.05) is 0 Å². The molecule has 18 heavy (non-hydrogen) atoms. The number of carbonyl (C=O) groups excluding carboxylic acids is 1. The molecule has 0 aromatic heterocycles. The first-order chi connectivity index (χ1) is 8.68. The first-order valence-electron chi connectivity index (χ1n) is 6.30. The number of rotatable bonds is 13. The van der Waals surface area contributed by atoms with Crippen molar-refractivity contribution >= 4 is 5.78 Å². The van der Waals surface area contributed by atoms with E-state index >= 15 is 0 Å². The van der Waals surface area contributed by atoms with Crippen LogP contribution in [-0.2, 0) is 19.0 Å². The molecule has 0 saturated heterocycles. The molecule has 0 fully saturated rings. The van der Waals surface area contributed by atoms with Crippen LogP contribution in [0.5, 0.6) is 0 Å². The quantitative estimate of drug-likeness (QED) is 0.393. The highest BCUT2D eigenvalue weighted by molar-refractivity contribution is 5.93. The fourth-order valence-corrected chi connectivity index (χ4v) is 1.17. The van der Waals surface area contributed by atoms with Gasteiger partial charge in [-0.2, -0.15) is 0 Å². The number of ketones is 1. The van der Waals surface area contributed by atoms with Crippen molar-refractivity contribution in [3.63, 3.8) is 0 Å². The second-order valence-corrected chi connectivity index (χ2v) is 3.93. The third-order valence-corrected chi connectivity index (χ3v) is 2.17. The van der Waals surface area contributed by atoms with Gasteiger partial charge < -0.3 is 19.9 Å². The zero-order valence-electron chi connectivity index (χ0n) is 11.3. The van der Waals surface area contributed by atoms with E-state index in [0.29, 0.717) is 58.2 Å². The van der Waals surface area contributed by atoms with Gasteiger partial charge in [-0.3, -0.25) is 4.79 Å². The maximum Gasteiger partial charge on any atom is 0.158 e. The van der Waals surface area contributed by atoms with Crippen LogP contribution in [-0.4, -0.2) is 52.0 Å². The van der Waals surface area contributed by atoms with Gasteiger partial charge in [0.05, 0.1) is 33.0 Å². The van der Waals surface area contributed by atoms with Crippen LogP contribution in [0.15, 0.2) is 12.2 Å². The van der Waals surface area contributed by atoms with Gasteiger partial charge in [-0.15, -0.1) is 0 Å². The lowest BCUT2D eigenvalue weighted by Gasteiger charge is -2.06. The third kappa shape index (κ3) is 11.7. The van der Waals surface area contributed by atoms with E-state index in [0.717, 1.165) is 6.42 Å². The summed E-state index contributed by atoms with van der Waals surface area (Å²) in [6, 6.07) is 0. The summed E-state index contributed by atoms with van der Waals surface area (Å²) in [6.45, 7) is 9.19. The van der Waals surface area contributed by atoms with Crippen molar-refractivity contribution in [3.8, 4) is 0 Å². The van der Waals surface area contributed by atoms with Gasteiger partial charge in [0, 0.05) is 19.6 Å². The molecule has 0 aromatic rings. The molecule has 0 heterocycles. The lowest BCUT2D eigenvalue weighted by molar-refractivity contribution is -0.115. The maximum absolute atomic E-state index is 11.2. The molecule has 5 heteroatoms. The molecule has 0 aliphatic carbocycles. The van der Waals surface area contributed by atoms with E-state index < -0.39 is 0 Å². The summed E-state index contributed by atoms with van der Waals surface area (Å²) in [7, 11) is 0.